The summed E-state index contributed by atoms with van der Waals surface area (Å²) in [6.45, 7) is 3.63. The highest BCUT2D eigenvalue weighted by Crippen LogP contribution is 2.28. The first-order valence-corrected chi connectivity index (χ1v) is 6.13. The van der Waals surface area contributed by atoms with E-state index >= 15 is 0 Å². The fraction of sp³-hybridized carbons (Fsp3) is 0.250. The minimum Gasteiger partial charge on any atom is -0.461 e. The Balaban J connectivity index is 2.26. The van der Waals surface area contributed by atoms with E-state index in [0.29, 0.717) is 0 Å². The van der Waals surface area contributed by atoms with Crippen molar-refractivity contribution in [1.29, 1.82) is 0 Å². The highest BCUT2D eigenvalue weighted by Gasteiger charge is 2.11. The maximum Gasteiger partial charge on any atom is 0.330 e. The van der Waals surface area contributed by atoms with Crippen LogP contribution in [0, 0.1) is 5.82 Å². The van der Waals surface area contributed by atoms with Crippen LogP contribution in [-0.4, -0.2) is 21.1 Å². The van der Waals surface area contributed by atoms with Gasteiger partial charge in [0.2, 0.25) is 5.95 Å². The van der Waals surface area contributed by atoms with Crippen molar-refractivity contribution >= 4 is 17.5 Å². The number of hydrogen-bond donors (Lipinski definition) is 1. The zero-order chi connectivity index (χ0) is 14.7. The second-order valence-electron chi connectivity index (χ2n) is 4.10. The third-order valence-corrected chi connectivity index (χ3v) is 2.34. The molecule has 0 unspecified atom stereocenters. The fourth-order valence-corrected chi connectivity index (χ4v) is 1.52. The van der Waals surface area contributed by atoms with E-state index in [1.54, 1.807) is 0 Å². The normalized spacial score (nSPS) is 10.7. The standard InChI is InChI=1S/C12H12ClFN4O2/c1-6(2)19-11-16-10(15)17-12(18-11)20-9-4-3-7(14)5-8(9)13/h3-6H,1-2H3,(H2,15,16,17,18). The summed E-state index contributed by atoms with van der Waals surface area (Å²) >= 11 is 5.84. The number of nitrogen functional groups attached to an aromatic ring is 1. The molecule has 20 heavy (non-hydrogen) atoms. The number of hydrogen-bond acceptors (Lipinski definition) is 6. The van der Waals surface area contributed by atoms with Crippen LogP contribution in [0.25, 0.3) is 0 Å². The Morgan fingerprint density at radius 2 is 1.90 bits per heavy atom. The number of nitrogens with zero attached hydrogens (tertiary/aromatic N) is 3. The van der Waals surface area contributed by atoms with Crippen molar-refractivity contribution in [1.82, 2.24) is 15.0 Å². The van der Waals surface area contributed by atoms with Gasteiger partial charge in [0, 0.05) is 0 Å². The molecule has 2 aromatic rings. The monoisotopic (exact) mass is 298 g/mol. The molecule has 106 valence electrons. The zero-order valence-corrected chi connectivity index (χ0v) is 11.6. The van der Waals surface area contributed by atoms with E-state index in [1.807, 2.05) is 13.8 Å². The number of anilines is 1. The predicted molar refractivity (Wildman–Crippen MR) is 71.5 cm³/mol. The second-order valence-corrected chi connectivity index (χ2v) is 4.51. The first-order valence-electron chi connectivity index (χ1n) is 5.75. The van der Waals surface area contributed by atoms with Gasteiger partial charge in [-0.25, -0.2) is 4.39 Å². The molecule has 8 heteroatoms. The molecule has 6 nitrogen and oxygen atoms in total. The van der Waals surface area contributed by atoms with Crippen molar-refractivity contribution in [3.63, 3.8) is 0 Å². The van der Waals surface area contributed by atoms with Gasteiger partial charge in [0.1, 0.15) is 11.6 Å². The molecule has 0 radical (unpaired) electrons. The molecule has 0 aliphatic rings. The maximum absolute atomic E-state index is 12.9. The van der Waals surface area contributed by atoms with Crippen LogP contribution < -0.4 is 15.2 Å². The Morgan fingerprint density at radius 3 is 2.55 bits per heavy atom. The minimum atomic E-state index is -0.471. The third-order valence-electron chi connectivity index (χ3n) is 2.05. The van der Waals surface area contributed by atoms with Gasteiger partial charge in [-0.15, -0.1) is 4.98 Å². The van der Waals surface area contributed by atoms with Gasteiger partial charge in [0.05, 0.1) is 11.1 Å². The van der Waals surface area contributed by atoms with Gasteiger partial charge >= 0.3 is 12.0 Å². The van der Waals surface area contributed by atoms with Crippen LogP contribution >= 0.6 is 11.6 Å². The van der Waals surface area contributed by atoms with Gasteiger partial charge in [-0.3, -0.25) is 0 Å². The molecule has 0 fully saturated rings. The summed E-state index contributed by atoms with van der Waals surface area (Å²) in [4.78, 5) is 11.5. The SMILES string of the molecule is CC(C)Oc1nc(N)nc(Oc2ccc(F)cc2Cl)n1. The Hall–Kier alpha value is -2.15. The molecular formula is C12H12ClFN4O2. The Bertz CT molecular complexity index is 624. The highest BCUT2D eigenvalue weighted by molar-refractivity contribution is 6.32. The molecule has 1 aromatic carbocycles. The molecule has 0 aliphatic heterocycles. The van der Waals surface area contributed by atoms with E-state index in [4.69, 9.17) is 26.8 Å². The van der Waals surface area contributed by atoms with Gasteiger partial charge in [-0.2, -0.15) is 9.97 Å². The summed E-state index contributed by atoms with van der Waals surface area (Å²) in [6.07, 6.45) is -0.126. The van der Waals surface area contributed by atoms with Crippen molar-refractivity contribution in [2.45, 2.75) is 20.0 Å². The van der Waals surface area contributed by atoms with Gasteiger partial charge in [0.15, 0.2) is 0 Å². The molecule has 0 saturated carbocycles. The zero-order valence-electron chi connectivity index (χ0n) is 10.8. The summed E-state index contributed by atoms with van der Waals surface area (Å²) in [5.41, 5.74) is 5.54. The van der Waals surface area contributed by atoms with Crippen LogP contribution in [0.2, 0.25) is 5.02 Å². The van der Waals surface area contributed by atoms with E-state index in [9.17, 15) is 4.39 Å². The molecule has 2 N–H and O–H groups in total. The lowest BCUT2D eigenvalue weighted by molar-refractivity contribution is 0.219. The molecule has 2 rings (SSSR count). The Morgan fingerprint density at radius 1 is 1.20 bits per heavy atom. The summed E-state index contributed by atoms with van der Waals surface area (Å²) in [6, 6.07) is 3.65. The molecule has 1 heterocycles. The van der Waals surface area contributed by atoms with Crippen molar-refractivity contribution in [2.24, 2.45) is 0 Å². The van der Waals surface area contributed by atoms with Crippen LogP contribution in [0.4, 0.5) is 10.3 Å². The van der Waals surface area contributed by atoms with E-state index < -0.39 is 5.82 Å². The number of benzene rings is 1. The van der Waals surface area contributed by atoms with Crippen molar-refractivity contribution in [3.8, 4) is 17.8 Å². The largest absolute Gasteiger partial charge is 0.461 e. The lowest BCUT2D eigenvalue weighted by Gasteiger charge is -2.10. The molecule has 0 bridgehead atoms. The van der Waals surface area contributed by atoms with Crippen LogP contribution in [0.3, 0.4) is 0 Å². The molecule has 0 aliphatic carbocycles. The molecular weight excluding hydrogens is 287 g/mol. The first-order chi connectivity index (χ1) is 9.44. The Labute approximate surface area is 119 Å². The summed E-state index contributed by atoms with van der Waals surface area (Å²) in [7, 11) is 0. The fourth-order valence-electron chi connectivity index (χ4n) is 1.32. The average Bonchev–Trinajstić information content (AvgIpc) is 2.31. The smallest absolute Gasteiger partial charge is 0.330 e. The number of halogens is 2. The third kappa shape index (κ3) is 3.67. The van der Waals surface area contributed by atoms with Crippen molar-refractivity contribution in [2.75, 3.05) is 5.73 Å². The van der Waals surface area contributed by atoms with Crippen LogP contribution in [-0.2, 0) is 0 Å². The number of ether oxygens (including phenoxy) is 2. The lowest BCUT2D eigenvalue weighted by Crippen LogP contribution is -2.11. The summed E-state index contributed by atoms with van der Waals surface area (Å²) in [5.74, 6) is -0.320. The van der Waals surface area contributed by atoms with Crippen molar-refractivity contribution in [3.05, 3.63) is 29.0 Å². The van der Waals surface area contributed by atoms with Gasteiger partial charge in [-0.1, -0.05) is 11.6 Å². The highest BCUT2D eigenvalue weighted by atomic mass is 35.5. The maximum atomic E-state index is 12.9. The van der Waals surface area contributed by atoms with E-state index in [-0.39, 0.29) is 34.8 Å². The van der Waals surface area contributed by atoms with E-state index in [0.717, 1.165) is 6.07 Å². The quantitative estimate of drug-likeness (QED) is 0.934. The van der Waals surface area contributed by atoms with E-state index in [1.165, 1.54) is 12.1 Å². The average molecular weight is 299 g/mol. The summed E-state index contributed by atoms with van der Waals surface area (Å²) < 4.78 is 23.6. The number of nitrogens with two attached hydrogens (primary N) is 1. The Kier molecular flexibility index (Phi) is 4.19. The predicted octanol–water partition coefficient (Wildman–Crippen LogP) is 2.83. The molecule has 0 saturated heterocycles. The van der Waals surface area contributed by atoms with Gasteiger partial charge in [0.25, 0.3) is 0 Å². The molecule has 0 spiro atoms. The molecule has 1 aromatic heterocycles. The topological polar surface area (TPSA) is 83.2 Å². The molecule has 0 atom stereocenters. The first kappa shape index (κ1) is 14.3. The number of aromatic nitrogens is 3. The van der Waals surface area contributed by atoms with Crippen LogP contribution in [0.5, 0.6) is 17.8 Å². The number of rotatable bonds is 4. The van der Waals surface area contributed by atoms with Gasteiger partial charge < -0.3 is 15.2 Å². The van der Waals surface area contributed by atoms with Crippen LogP contribution in [0.15, 0.2) is 18.2 Å². The van der Waals surface area contributed by atoms with Crippen molar-refractivity contribution < 1.29 is 13.9 Å². The second kappa shape index (κ2) is 5.87. The van der Waals surface area contributed by atoms with E-state index in [2.05, 4.69) is 15.0 Å². The molecule has 0 amide bonds. The van der Waals surface area contributed by atoms with Gasteiger partial charge in [-0.05, 0) is 32.0 Å². The minimum absolute atomic E-state index is 0.0423. The van der Waals surface area contributed by atoms with Crippen LogP contribution in [0.1, 0.15) is 13.8 Å². The summed E-state index contributed by atoms with van der Waals surface area (Å²) in [5, 5.41) is 0.0929. The lowest BCUT2D eigenvalue weighted by atomic mass is 10.3.